The molecule has 0 bridgehead atoms. The van der Waals surface area contributed by atoms with E-state index in [9.17, 15) is 9.59 Å². The van der Waals surface area contributed by atoms with E-state index in [2.05, 4.69) is 10.1 Å². The Morgan fingerprint density at radius 3 is 2.66 bits per heavy atom. The summed E-state index contributed by atoms with van der Waals surface area (Å²) in [6, 6.07) is 7.03. The van der Waals surface area contributed by atoms with Crippen LogP contribution in [0.1, 0.15) is 31.5 Å². The number of likely N-dealkylation sites (tertiary alicyclic amines) is 1. The number of carbonyl (C=O) groups excluding carboxylic acids is 2. The fraction of sp³-hybridized carbons (Fsp3) is 0.545. The molecule has 0 radical (unpaired) electrons. The van der Waals surface area contributed by atoms with Crippen molar-refractivity contribution in [1.29, 1.82) is 0 Å². The van der Waals surface area contributed by atoms with Crippen LogP contribution < -0.4 is 9.47 Å². The molecule has 3 rings (SSSR count). The van der Waals surface area contributed by atoms with E-state index in [0.717, 1.165) is 18.6 Å². The summed E-state index contributed by atoms with van der Waals surface area (Å²) in [4.78, 5) is 32.8. The molecular formula is C22H30N4O6. The first-order chi connectivity index (χ1) is 15.5. The molecule has 1 atom stereocenters. The van der Waals surface area contributed by atoms with Gasteiger partial charge in [0, 0.05) is 46.1 Å². The summed E-state index contributed by atoms with van der Waals surface area (Å²) in [5, 5.41) is 3.93. The van der Waals surface area contributed by atoms with Crippen LogP contribution in [0.2, 0.25) is 0 Å². The second kappa shape index (κ2) is 11.5. The smallest absolute Gasteiger partial charge is 0.260 e. The summed E-state index contributed by atoms with van der Waals surface area (Å²) in [5.41, 5.74) is 0. The van der Waals surface area contributed by atoms with Crippen LogP contribution in [-0.2, 0) is 27.4 Å². The molecule has 1 aliphatic heterocycles. The first-order valence-electron chi connectivity index (χ1n) is 10.6. The summed E-state index contributed by atoms with van der Waals surface area (Å²) in [7, 11) is 3.15. The Morgan fingerprint density at radius 1 is 1.22 bits per heavy atom. The Balaban J connectivity index is 1.52. The molecule has 0 saturated carbocycles. The summed E-state index contributed by atoms with van der Waals surface area (Å²) in [6.45, 7) is 3.33. The third kappa shape index (κ3) is 6.43. The summed E-state index contributed by atoms with van der Waals surface area (Å²) in [6.07, 6.45) is 2.13. The van der Waals surface area contributed by atoms with Crippen molar-refractivity contribution < 1.29 is 28.3 Å². The maximum Gasteiger partial charge on any atom is 0.260 e. The monoisotopic (exact) mass is 446 g/mol. The summed E-state index contributed by atoms with van der Waals surface area (Å²) >= 11 is 0. The van der Waals surface area contributed by atoms with Crippen LogP contribution in [-0.4, -0.2) is 78.3 Å². The van der Waals surface area contributed by atoms with Crippen LogP contribution in [0, 0.1) is 0 Å². The predicted molar refractivity (Wildman–Crippen MR) is 114 cm³/mol. The fourth-order valence-electron chi connectivity index (χ4n) is 3.74. The largest absolute Gasteiger partial charge is 0.497 e. The zero-order valence-electron chi connectivity index (χ0n) is 18.8. The Hall–Kier alpha value is -3.14. The second-order valence-electron chi connectivity index (χ2n) is 7.60. The number of rotatable bonds is 10. The van der Waals surface area contributed by atoms with E-state index in [1.54, 1.807) is 55.2 Å². The van der Waals surface area contributed by atoms with Crippen molar-refractivity contribution >= 4 is 11.8 Å². The van der Waals surface area contributed by atoms with Gasteiger partial charge in [-0.3, -0.25) is 9.59 Å². The Morgan fingerprint density at radius 2 is 1.97 bits per heavy atom. The van der Waals surface area contributed by atoms with Crippen molar-refractivity contribution in [2.24, 2.45) is 0 Å². The van der Waals surface area contributed by atoms with Crippen LogP contribution in [0.4, 0.5) is 0 Å². The molecule has 1 aliphatic rings. The van der Waals surface area contributed by atoms with Crippen molar-refractivity contribution in [2.75, 3.05) is 40.5 Å². The van der Waals surface area contributed by atoms with E-state index in [4.69, 9.17) is 18.7 Å². The molecule has 2 amide bonds. The van der Waals surface area contributed by atoms with Crippen molar-refractivity contribution in [3.8, 4) is 11.5 Å². The number of ether oxygens (including phenoxy) is 3. The quantitative estimate of drug-likeness (QED) is 0.543. The van der Waals surface area contributed by atoms with Gasteiger partial charge in [-0.1, -0.05) is 5.16 Å². The number of amides is 2. The first kappa shape index (κ1) is 23.5. The van der Waals surface area contributed by atoms with Gasteiger partial charge in [-0.2, -0.15) is 4.98 Å². The van der Waals surface area contributed by atoms with Gasteiger partial charge >= 0.3 is 0 Å². The lowest BCUT2D eigenvalue weighted by Gasteiger charge is -2.39. The highest BCUT2D eigenvalue weighted by molar-refractivity contribution is 5.78. The first-order valence-corrected chi connectivity index (χ1v) is 10.6. The molecular weight excluding hydrogens is 416 g/mol. The van der Waals surface area contributed by atoms with Crippen molar-refractivity contribution in [3.05, 3.63) is 36.0 Å². The van der Waals surface area contributed by atoms with Gasteiger partial charge < -0.3 is 28.5 Å². The normalized spacial score (nSPS) is 16.0. The molecule has 2 heterocycles. The number of piperidine rings is 1. The van der Waals surface area contributed by atoms with Crippen molar-refractivity contribution in [2.45, 2.75) is 38.8 Å². The number of hydrogen-bond acceptors (Lipinski definition) is 8. The molecule has 0 spiro atoms. The third-order valence-electron chi connectivity index (χ3n) is 5.37. The van der Waals surface area contributed by atoms with Gasteiger partial charge in [0.15, 0.2) is 12.4 Å². The van der Waals surface area contributed by atoms with E-state index < -0.39 is 0 Å². The van der Waals surface area contributed by atoms with Crippen molar-refractivity contribution in [3.63, 3.8) is 0 Å². The molecule has 2 aromatic rings. The molecule has 1 unspecified atom stereocenters. The fourth-order valence-corrected chi connectivity index (χ4v) is 3.74. The maximum atomic E-state index is 12.7. The number of hydrogen-bond donors (Lipinski definition) is 0. The van der Waals surface area contributed by atoms with Crippen LogP contribution in [0.25, 0.3) is 0 Å². The Labute approximate surface area is 187 Å². The summed E-state index contributed by atoms with van der Waals surface area (Å²) < 4.78 is 20.8. The number of nitrogens with zero attached hydrogens (tertiary/aromatic N) is 4. The van der Waals surface area contributed by atoms with Crippen LogP contribution in [0.15, 0.2) is 28.8 Å². The Bertz CT molecular complexity index is 885. The predicted octanol–water partition coefficient (Wildman–Crippen LogP) is 1.69. The highest BCUT2D eigenvalue weighted by Crippen LogP contribution is 2.19. The average Bonchev–Trinajstić information content (AvgIpc) is 3.25. The van der Waals surface area contributed by atoms with E-state index in [1.807, 2.05) is 0 Å². The zero-order chi connectivity index (χ0) is 22.9. The minimum Gasteiger partial charge on any atom is -0.497 e. The molecule has 1 fully saturated rings. The molecule has 1 saturated heterocycles. The third-order valence-corrected chi connectivity index (χ3v) is 5.37. The number of methoxy groups -OCH3 is 2. The molecule has 1 aromatic carbocycles. The number of benzene rings is 1. The molecule has 1 aromatic heterocycles. The van der Waals surface area contributed by atoms with Gasteiger partial charge in [-0.15, -0.1) is 0 Å². The zero-order valence-corrected chi connectivity index (χ0v) is 18.8. The van der Waals surface area contributed by atoms with Crippen LogP contribution >= 0.6 is 0 Å². The van der Waals surface area contributed by atoms with E-state index >= 15 is 0 Å². The standard InChI is InChI=1S/C22H30N4O6/c1-16(27)26(12-10-20-23-21(14-29-2)32-24-20)17-5-4-11-25(13-17)22(28)15-31-19-8-6-18(30-3)7-9-19/h6-9,17H,4-5,10-15H2,1-3H3. The van der Waals surface area contributed by atoms with Crippen LogP contribution in [0.5, 0.6) is 11.5 Å². The lowest BCUT2D eigenvalue weighted by Crippen LogP contribution is -2.52. The minimum atomic E-state index is -0.101. The highest BCUT2D eigenvalue weighted by Gasteiger charge is 2.29. The lowest BCUT2D eigenvalue weighted by atomic mass is 10.0. The number of aromatic nitrogens is 2. The molecule has 174 valence electrons. The Kier molecular flexibility index (Phi) is 8.43. The topological polar surface area (TPSA) is 107 Å². The van der Waals surface area contributed by atoms with Gasteiger partial charge in [-0.25, -0.2) is 0 Å². The molecule has 10 nitrogen and oxygen atoms in total. The molecule has 0 aliphatic carbocycles. The van der Waals surface area contributed by atoms with E-state index in [-0.39, 0.29) is 31.1 Å². The van der Waals surface area contributed by atoms with Crippen LogP contribution in [0.3, 0.4) is 0 Å². The van der Waals surface area contributed by atoms with Gasteiger partial charge in [0.05, 0.1) is 7.11 Å². The maximum absolute atomic E-state index is 12.7. The molecule has 0 N–H and O–H groups in total. The van der Waals surface area contributed by atoms with Crippen molar-refractivity contribution in [1.82, 2.24) is 19.9 Å². The highest BCUT2D eigenvalue weighted by atomic mass is 16.5. The molecule has 10 heteroatoms. The number of carbonyl (C=O) groups is 2. The average molecular weight is 447 g/mol. The summed E-state index contributed by atoms with van der Waals surface area (Å²) in [5.74, 6) is 2.12. The van der Waals surface area contributed by atoms with Gasteiger partial charge in [0.2, 0.25) is 5.91 Å². The molecule has 32 heavy (non-hydrogen) atoms. The lowest BCUT2D eigenvalue weighted by molar-refractivity contribution is -0.139. The van der Waals surface area contributed by atoms with Gasteiger partial charge in [-0.05, 0) is 37.1 Å². The van der Waals surface area contributed by atoms with E-state index in [0.29, 0.717) is 43.5 Å². The van der Waals surface area contributed by atoms with Gasteiger partial charge in [0.25, 0.3) is 11.8 Å². The van der Waals surface area contributed by atoms with Gasteiger partial charge in [0.1, 0.15) is 18.1 Å². The van der Waals surface area contributed by atoms with E-state index in [1.165, 1.54) is 0 Å². The minimum absolute atomic E-state index is 0.0422. The second-order valence-corrected chi connectivity index (χ2v) is 7.60. The SMILES string of the molecule is COCc1nc(CCN(C(C)=O)C2CCCN(C(=O)COc3ccc(OC)cc3)C2)no1.